The standard InChI is InChI=1S/C25H24N2O4/c1-18-7-6-10-22(15-18)30-17-21-16-19(11-13-23(21)29-2)12-14-24(28)31-27-25(26)20-8-4-3-5-9-20/h3-16H,17H2,1-2H3,(H2,26,27)/b14-12-. The van der Waals surface area contributed by atoms with Gasteiger partial charge >= 0.3 is 5.97 Å². The summed E-state index contributed by atoms with van der Waals surface area (Å²) in [5, 5.41) is 3.68. The SMILES string of the molecule is COc1ccc(/C=C\C(=O)O/N=C(\N)c2ccccc2)cc1COc1cccc(C)c1. The number of nitrogens with two attached hydrogens (primary N) is 1. The molecule has 0 aliphatic heterocycles. The van der Waals surface area contributed by atoms with Crippen LogP contribution >= 0.6 is 0 Å². The number of carbonyl (C=O) groups excluding carboxylic acids is 1. The monoisotopic (exact) mass is 416 g/mol. The Bertz CT molecular complexity index is 1090. The Morgan fingerprint density at radius 2 is 1.84 bits per heavy atom. The zero-order valence-corrected chi connectivity index (χ0v) is 17.4. The summed E-state index contributed by atoms with van der Waals surface area (Å²) in [6.45, 7) is 2.34. The molecule has 0 atom stereocenters. The first-order valence-electron chi connectivity index (χ1n) is 9.69. The zero-order chi connectivity index (χ0) is 22.1. The Morgan fingerprint density at radius 3 is 2.58 bits per heavy atom. The molecule has 3 rings (SSSR count). The Hall–Kier alpha value is -4.06. The van der Waals surface area contributed by atoms with Crippen molar-refractivity contribution in [1.82, 2.24) is 0 Å². The van der Waals surface area contributed by atoms with E-state index in [2.05, 4.69) is 5.16 Å². The van der Waals surface area contributed by atoms with Crippen LogP contribution < -0.4 is 15.2 Å². The Kier molecular flexibility index (Phi) is 7.43. The van der Waals surface area contributed by atoms with Crippen LogP contribution in [0.15, 0.2) is 84.0 Å². The molecule has 0 bridgehead atoms. The van der Waals surface area contributed by atoms with E-state index in [1.54, 1.807) is 25.3 Å². The van der Waals surface area contributed by atoms with E-state index in [1.807, 2.05) is 67.6 Å². The highest BCUT2D eigenvalue weighted by atomic mass is 16.7. The van der Waals surface area contributed by atoms with Gasteiger partial charge < -0.3 is 20.0 Å². The molecule has 0 aliphatic carbocycles. The second-order valence-corrected chi connectivity index (χ2v) is 6.76. The predicted molar refractivity (Wildman–Crippen MR) is 121 cm³/mol. The molecule has 2 N–H and O–H groups in total. The predicted octanol–water partition coefficient (Wildman–Crippen LogP) is 4.46. The maximum atomic E-state index is 12.0. The van der Waals surface area contributed by atoms with Crippen molar-refractivity contribution in [3.05, 3.63) is 101 Å². The summed E-state index contributed by atoms with van der Waals surface area (Å²) < 4.78 is 11.3. The van der Waals surface area contributed by atoms with E-state index in [9.17, 15) is 4.79 Å². The van der Waals surface area contributed by atoms with E-state index in [0.29, 0.717) is 17.9 Å². The fraction of sp³-hybridized carbons (Fsp3) is 0.120. The molecule has 3 aromatic carbocycles. The minimum Gasteiger partial charge on any atom is -0.496 e. The maximum Gasteiger partial charge on any atom is 0.358 e. The Balaban J connectivity index is 1.64. The second-order valence-electron chi connectivity index (χ2n) is 6.76. The lowest BCUT2D eigenvalue weighted by molar-refractivity contribution is -0.137. The third-order valence-electron chi connectivity index (χ3n) is 4.40. The molecule has 0 amide bonds. The van der Waals surface area contributed by atoms with Gasteiger partial charge in [0.15, 0.2) is 5.84 Å². The van der Waals surface area contributed by atoms with Crippen LogP contribution in [0.25, 0.3) is 6.08 Å². The average molecular weight is 416 g/mol. The van der Waals surface area contributed by atoms with Crippen molar-refractivity contribution in [1.29, 1.82) is 0 Å². The molecule has 158 valence electrons. The number of methoxy groups -OCH3 is 1. The molecule has 0 heterocycles. The molecule has 0 unspecified atom stereocenters. The molecule has 6 heteroatoms. The first kappa shape index (κ1) is 21.6. The Morgan fingerprint density at radius 1 is 1.03 bits per heavy atom. The number of carbonyl (C=O) groups is 1. The number of amidine groups is 1. The van der Waals surface area contributed by atoms with Gasteiger partial charge in [-0.15, -0.1) is 0 Å². The minimum absolute atomic E-state index is 0.127. The van der Waals surface area contributed by atoms with Crippen LogP contribution in [0.1, 0.15) is 22.3 Å². The van der Waals surface area contributed by atoms with Gasteiger partial charge in [0.25, 0.3) is 0 Å². The molecule has 0 aliphatic rings. The summed E-state index contributed by atoms with van der Waals surface area (Å²) in [6.07, 6.45) is 2.92. The van der Waals surface area contributed by atoms with Gasteiger partial charge in [0.05, 0.1) is 7.11 Å². The summed E-state index contributed by atoms with van der Waals surface area (Å²) >= 11 is 0. The van der Waals surface area contributed by atoms with E-state index in [1.165, 1.54) is 6.08 Å². The molecular formula is C25H24N2O4. The normalized spacial score (nSPS) is 11.4. The summed E-state index contributed by atoms with van der Waals surface area (Å²) in [7, 11) is 1.60. The van der Waals surface area contributed by atoms with Gasteiger partial charge in [0, 0.05) is 17.2 Å². The summed E-state index contributed by atoms with van der Waals surface area (Å²) in [6, 6.07) is 22.4. The average Bonchev–Trinajstić information content (AvgIpc) is 2.80. The van der Waals surface area contributed by atoms with E-state index in [4.69, 9.17) is 20.0 Å². The smallest absolute Gasteiger partial charge is 0.358 e. The molecule has 6 nitrogen and oxygen atoms in total. The highest BCUT2D eigenvalue weighted by Crippen LogP contribution is 2.23. The van der Waals surface area contributed by atoms with Crippen molar-refractivity contribution in [2.24, 2.45) is 10.9 Å². The number of benzene rings is 3. The van der Waals surface area contributed by atoms with Crippen molar-refractivity contribution in [3.63, 3.8) is 0 Å². The molecule has 0 spiro atoms. The van der Waals surface area contributed by atoms with Gasteiger partial charge in [-0.25, -0.2) is 4.79 Å². The van der Waals surface area contributed by atoms with Gasteiger partial charge in [-0.05, 0) is 48.4 Å². The van der Waals surface area contributed by atoms with Gasteiger partial charge in [-0.3, -0.25) is 0 Å². The lowest BCUT2D eigenvalue weighted by Crippen LogP contribution is -2.14. The number of ether oxygens (including phenoxy) is 2. The molecule has 0 aromatic heterocycles. The van der Waals surface area contributed by atoms with Crippen molar-refractivity contribution in [2.75, 3.05) is 7.11 Å². The summed E-state index contributed by atoms with van der Waals surface area (Å²) in [5.74, 6) is 0.975. The molecule has 0 fully saturated rings. The largest absolute Gasteiger partial charge is 0.496 e. The second kappa shape index (κ2) is 10.6. The number of hydrogen-bond acceptors (Lipinski definition) is 5. The Labute approximate surface area is 181 Å². The third kappa shape index (κ3) is 6.47. The van der Waals surface area contributed by atoms with Crippen LogP contribution in [-0.2, 0) is 16.2 Å². The van der Waals surface area contributed by atoms with Gasteiger partial charge in [-0.1, -0.05) is 53.7 Å². The first-order chi connectivity index (χ1) is 15.0. The number of aryl methyl sites for hydroxylation is 1. The number of rotatable bonds is 8. The van der Waals surface area contributed by atoms with Crippen molar-refractivity contribution < 1.29 is 19.1 Å². The maximum absolute atomic E-state index is 12.0. The third-order valence-corrected chi connectivity index (χ3v) is 4.40. The molecule has 0 radical (unpaired) electrons. The van der Waals surface area contributed by atoms with Crippen LogP contribution in [0.5, 0.6) is 11.5 Å². The van der Waals surface area contributed by atoms with E-state index in [0.717, 1.165) is 22.4 Å². The zero-order valence-electron chi connectivity index (χ0n) is 17.4. The fourth-order valence-electron chi connectivity index (χ4n) is 2.83. The van der Waals surface area contributed by atoms with Crippen LogP contribution in [0.2, 0.25) is 0 Å². The minimum atomic E-state index is -0.632. The number of nitrogens with zero attached hydrogens (tertiary/aromatic N) is 1. The fourth-order valence-corrected chi connectivity index (χ4v) is 2.83. The van der Waals surface area contributed by atoms with Crippen molar-refractivity contribution in [2.45, 2.75) is 13.5 Å². The van der Waals surface area contributed by atoms with Crippen molar-refractivity contribution in [3.8, 4) is 11.5 Å². The van der Waals surface area contributed by atoms with E-state index < -0.39 is 5.97 Å². The molecule has 3 aromatic rings. The van der Waals surface area contributed by atoms with E-state index in [-0.39, 0.29) is 5.84 Å². The van der Waals surface area contributed by atoms with Crippen LogP contribution in [0, 0.1) is 6.92 Å². The molecular weight excluding hydrogens is 392 g/mol. The van der Waals surface area contributed by atoms with Gasteiger partial charge in [-0.2, -0.15) is 0 Å². The highest BCUT2D eigenvalue weighted by Gasteiger charge is 2.06. The van der Waals surface area contributed by atoms with Crippen LogP contribution in [-0.4, -0.2) is 18.9 Å². The number of oxime groups is 1. The lowest BCUT2D eigenvalue weighted by Gasteiger charge is -2.11. The van der Waals surface area contributed by atoms with Gasteiger partial charge in [0.1, 0.15) is 18.1 Å². The summed E-state index contributed by atoms with van der Waals surface area (Å²) in [5.41, 5.74) is 9.25. The van der Waals surface area contributed by atoms with Gasteiger partial charge in [0.2, 0.25) is 0 Å². The molecule has 0 saturated heterocycles. The first-order valence-corrected chi connectivity index (χ1v) is 9.69. The summed E-state index contributed by atoms with van der Waals surface area (Å²) in [4.78, 5) is 16.8. The molecule has 31 heavy (non-hydrogen) atoms. The highest BCUT2D eigenvalue weighted by molar-refractivity contribution is 5.97. The van der Waals surface area contributed by atoms with Crippen LogP contribution in [0.4, 0.5) is 0 Å². The van der Waals surface area contributed by atoms with Crippen LogP contribution in [0.3, 0.4) is 0 Å². The molecule has 0 saturated carbocycles. The van der Waals surface area contributed by atoms with E-state index >= 15 is 0 Å². The topological polar surface area (TPSA) is 83.1 Å². The lowest BCUT2D eigenvalue weighted by atomic mass is 10.1. The quantitative estimate of drug-likeness (QED) is 0.193. The number of hydrogen-bond donors (Lipinski definition) is 1. The van der Waals surface area contributed by atoms with Crippen molar-refractivity contribution >= 4 is 17.9 Å².